The van der Waals surface area contributed by atoms with Crippen LogP contribution in [0.5, 0.6) is 0 Å². The van der Waals surface area contributed by atoms with Crippen molar-refractivity contribution >= 4 is 32.4 Å². The SMILES string of the molecule is CN(C)C(C)(C)C(c1ccc(Nc2nc3ccccc3s2)cc1)n1ccnc1. The van der Waals surface area contributed by atoms with E-state index in [-0.39, 0.29) is 11.6 Å². The maximum Gasteiger partial charge on any atom is 0.188 e. The van der Waals surface area contributed by atoms with Gasteiger partial charge in [-0.05, 0) is 57.8 Å². The van der Waals surface area contributed by atoms with E-state index in [9.17, 15) is 0 Å². The third kappa shape index (κ3) is 3.53. The van der Waals surface area contributed by atoms with Crippen LogP contribution in [0.25, 0.3) is 10.2 Å². The molecule has 2 heterocycles. The van der Waals surface area contributed by atoms with Crippen molar-refractivity contribution in [2.24, 2.45) is 0 Å². The number of anilines is 2. The number of thiazole rings is 1. The fraction of sp³-hybridized carbons (Fsp3) is 0.273. The molecule has 0 fully saturated rings. The van der Waals surface area contributed by atoms with Gasteiger partial charge in [0.25, 0.3) is 0 Å². The molecule has 0 saturated carbocycles. The standard InChI is InChI=1S/C22H25N5S/c1-22(2,26(3)4)20(27-14-13-23-15-27)16-9-11-17(12-10-16)24-21-25-18-7-5-6-8-19(18)28-21/h5-15,20H,1-4H3,(H,24,25). The van der Waals surface area contributed by atoms with Gasteiger partial charge in [0, 0.05) is 23.6 Å². The van der Waals surface area contributed by atoms with E-state index in [1.165, 1.54) is 10.3 Å². The number of para-hydroxylation sites is 1. The summed E-state index contributed by atoms with van der Waals surface area (Å²) in [7, 11) is 4.24. The highest BCUT2D eigenvalue weighted by Crippen LogP contribution is 2.34. The van der Waals surface area contributed by atoms with Crippen molar-refractivity contribution in [2.75, 3.05) is 19.4 Å². The van der Waals surface area contributed by atoms with Crippen LogP contribution in [-0.2, 0) is 0 Å². The van der Waals surface area contributed by atoms with Gasteiger partial charge in [-0.1, -0.05) is 35.6 Å². The lowest BCUT2D eigenvalue weighted by atomic mass is 9.87. The number of hydrogen-bond donors (Lipinski definition) is 1. The maximum atomic E-state index is 4.66. The lowest BCUT2D eigenvalue weighted by Crippen LogP contribution is -2.46. The fourth-order valence-corrected chi connectivity index (χ4v) is 4.30. The van der Waals surface area contributed by atoms with Gasteiger partial charge < -0.3 is 14.8 Å². The summed E-state index contributed by atoms with van der Waals surface area (Å²) in [5, 5.41) is 4.34. The lowest BCUT2D eigenvalue weighted by Gasteiger charge is -2.41. The Balaban J connectivity index is 1.61. The van der Waals surface area contributed by atoms with Crippen LogP contribution < -0.4 is 5.32 Å². The predicted octanol–water partition coefficient (Wildman–Crippen LogP) is 5.17. The molecule has 0 aliphatic rings. The Labute approximate surface area is 169 Å². The molecule has 0 aliphatic heterocycles. The number of nitrogens with one attached hydrogen (secondary N) is 1. The molecule has 0 aliphatic carbocycles. The molecule has 4 rings (SSSR count). The number of likely N-dealkylation sites (N-methyl/N-ethyl adjacent to an activating group) is 1. The fourth-order valence-electron chi connectivity index (χ4n) is 3.41. The van der Waals surface area contributed by atoms with Gasteiger partial charge in [0.05, 0.1) is 22.6 Å². The van der Waals surface area contributed by atoms with Gasteiger partial charge >= 0.3 is 0 Å². The Morgan fingerprint density at radius 1 is 1.07 bits per heavy atom. The van der Waals surface area contributed by atoms with Crippen LogP contribution in [0.3, 0.4) is 0 Å². The smallest absolute Gasteiger partial charge is 0.188 e. The molecule has 0 spiro atoms. The molecule has 144 valence electrons. The van der Waals surface area contributed by atoms with E-state index in [4.69, 9.17) is 0 Å². The minimum Gasteiger partial charge on any atom is -0.332 e. The van der Waals surface area contributed by atoms with Crippen LogP contribution in [0.1, 0.15) is 25.5 Å². The molecule has 28 heavy (non-hydrogen) atoms. The molecule has 1 N–H and O–H groups in total. The van der Waals surface area contributed by atoms with Gasteiger partial charge in [0.1, 0.15) is 0 Å². The summed E-state index contributed by atoms with van der Waals surface area (Å²) in [6.07, 6.45) is 5.76. The highest BCUT2D eigenvalue weighted by molar-refractivity contribution is 7.22. The van der Waals surface area contributed by atoms with Crippen molar-refractivity contribution in [1.82, 2.24) is 19.4 Å². The number of hydrogen-bond acceptors (Lipinski definition) is 5. The van der Waals surface area contributed by atoms with E-state index in [1.54, 1.807) is 11.3 Å². The third-order valence-electron chi connectivity index (χ3n) is 5.42. The quantitative estimate of drug-likeness (QED) is 0.493. The first-order chi connectivity index (χ1) is 13.4. The summed E-state index contributed by atoms with van der Waals surface area (Å²) >= 11 is 1.67. The van der Waals surface area contributed by atoms with Crippen molar-refractivity contribution in [3.05, 3.63) is 72.8 Å². The molecular weight excluding hydrogens is 366 g/mol. The van der Waals surface area contributed by atoms with Crippen molar-refractivity contribution in [3.63, 3.8) is 0 Å². The lowest BCUT2D eigenvalue weighted by molar-refractivity contribution is 0.141. The Morgan fingerprint density at radius 3 is 2.46 bits per heavy atom. The van der Waals surface area contributed by atoms with Crippen LogP contribution in [0.2, 0.25) is 0 Å². The number of fused-ring (bicyclic) bond motifs is 1. The van der Waals surface area contributed by atoms with Crippen molar-refractivity contribution < 1.29 is 0 Å². The van der Waals surface area contributed by atoms with Gasteiger partial charge in [0.2, 0.25) is 0 Å². The molecule has 2 aromatic carbocycles. The predicted molar refractivity (Wildman–Crippen MR) is 117 cm³/mol. The summed E-state index contributed by atoms with van der Waals surface area (Å²) in [4.78, 5) is 11.2. The Bertz CT molecular complexity index is 1020. The van der Waals surface area contributed by atoms with E-state index in [2.05, 4.69) is 83.0 Å². The molecule has 2 aromatic heterocycles. The topological polar surface area (TPSA) is 46.0 Å². The first kappa shape index (κ1) is 18.7. The molecule has 0 amide bonds. The number of imidazole rings is 1. The largest absolute Gasteiger partial charge is 0.332 e. The molecule has 1 unspecified atom stereocenters. The Morgan fingerprint density at radius 2 is 1.82 bits per heavy atom. The minimum atomic E-state index is -0.0807. The van der Waals surface area contributed by atoms with Gasteiger partial charge in [0.15, 0.2) is 5.13 Å². The van der Waals surface area contributed by atoms with E-state index in [0.717, 1.165) is 16.3 Å². The number of rotatable bonds is 6. The second-order valence-electron chi connectivity index (χ2n) is 7.69. The summed E-state index contributed by atoms with van der Waals surface area (Å²) in [5.41, 5.74) is 3.23. The Kier molecular flexibility index (Phi) is 4.91. The monoisotopic (exact) mass is 391 g/mol. The third-order valence-corrected chi connectivity index (χ3v) is 6.37. The van der Waals surface area contributed by atoms with Crippen LogP contribution in [0, 0.1) is 0 Å². The van der Waals surface area contributed by atoms with Crippen molar-refractivity contribution in [3.8, 4) is 0 Å². The van der Waals surface area contributed by atoms with Crippen molar-refractivity contribution in [1.29, 1.82) is 0 Å². The van der Waals surface area contributed by atoms with E-state index < -0.39 is 0 Å². The van der Waals surface area contributed by atoms with Crippen LogP contribution >= 0.6 is 11.3 Å². The van der Waals surface area contributed by atoms with Crippen molar-refractivity contribution in [2.45, 2.75) is 25.4 Å². The van der Waals surface area contributed by atoms with Gasteiger partial charge in [-0.2, -0.15) is 0 Å². The first-order valence-corrected chi connectivity index (χ1v) is 10.1. The summed E-state index contributed by atoms with van der Waals surface area (Å²) < 4.78 is 3.37. The molecule has 1 atom stereocenters. The van der Waals surface area contributed by atoms with E-state index in [1.807, 2.05) is 36.9 Å². The van der Waals surface area contributed by atoms with Crippen LogP contribution in [0.4, 0.5) is 10.8 Å². The second-order valence-corrected chi connectivity index (χ2v) is 8.72. The highest BCUT2D eigenvalue weighted by Gasteiger charge is 2.34. The normalized spacial score (nSPS) is 13.2. The Hall–Kier alpha value is -2.70. The number of aromatic nitrogens is 3. The summed E-state index contributed by atoms with van der Waals surface area (Å²) in [6.45, 7) is 4.51. The molecule has 0 saturated heterocycles. The molecule has 4 aromatic rings. The van der Waals surface area contributed by atoms with Crippen LogP contribution in [0.15, 0.2) is 67.3 Å². The van der Waals surface area contributed by atoms with Crippen LogP contribution in [-0.4, -0.2) is 39.1 Å². The zero-order valence-electron chi connectivity index (χ0n) is 16.6. The average molecular weight is 392 g/mol. The van der Waals surface area contributed by atoms with E-state index >= 15 is 0 Å². The van der Waals surface area contributed by atoms with E-state index in [0.29, 0.717) is 0 Å². The zero-order chi connectivity index (χ0) is 19.7. The van der Waals surface area contributed by atoms with Gasteiger partial charge in [-0.25, -0.2) is 9.97 Å². The molecular formula is C22H25N5S. The highest BCUT2D eigenvalue weighted by atomic mass is 32.1. The average Bonchev–Trinajstić information content (AvgIpc) is 3.32. The number of nitrogens with zero attached hydrogens (tertiary/aromatic N) is 4. The maximum absolute atomic E-state index is 4.66. The first-order valence-electron chi connectivity index (χ1n) is 9.32. The summed E-state index contributed by atoms with van der Waals surface area (Å²) in [6, 6.07) is 17.0. The molecule has 0 bridgehead atoms. The molecule has 0 radical (unpaired) electrons. The zero-order valence-corrected chi connectivity index (χ0v) is 17.4. The van der Waals surface area contributed by atoms with Gasteiger partial charge in [-0.15, -0.1) is 0 Å². The molecule has 5 nitrogen and oxygen atoms in total. The van der Waals surface area contributed by atoms with Gasteiger partial charge in [-0.3, -0.25) is 0 Å². The molecule has 6 heteroatoms. The minimum absolute atomic E-state index is 0.0807. The second kappa shape index (κ2) is 7.37. The summed E-state index contributed by atoms with van der Waals surface area (Å²) in [5.74, 6) is 0. The number of benzene rings is 2.